The number of amides is 1. The predicted molar refractivity (Wildman–Crippen MR) is 126 cm³/mol. The summed E-state index contributed by atoms with van der Waals surface area (Å²) in [4.78, 5) is 12.6. The number of halogens is 1. The summed E-state index contributed by atoms with van der Waals surface area (Å²) < 4.78 is 7.37. The van der Waals surface area contributed by atoms with Crippen LogP contribution in [0.1, 0.15) is 16.7 Å². The minimum Gasteiger partial charge on any atom is -0.497 e. The number of carbonyl (C=O) groups excluding carboxylic acids is 1. The molecular formula is C26H25ClN2O2. The van der Waals surface area contributed by atoms with Crippen molar-refractivity contribution in [3.63, 3.8) is 0 Å². The third-order valence-corrected chi connectivity index (χ3v) is 5.64. The van der Waals surface area contributed by atoms with Crippen molar-refractivity contribution in [3.8, 4) is 5.75 Å². The molecule has 1 aromatic heterocycles. The maximum Gasteiger partial charge on any atom is 0.224 e. The van der Waals surface area contributed by atoms with E-state index in [1.54, 1.807) is 7.11 Å². The number of methoxy groups -OCH3 is 1. The molecule has 0 saturated heterocycles. The van der Waals surface area contributed by atoms with E-state index < -0.39 is 0 Å². The van der Waals surface area contributed by atoms with Gasteiger partial charge in [0.1, 0.15) is 5.75 Å². The summed E-state index contributed by atoms with van der Waals surface area (Å²) in [5.41, 5.74) is 4.49. The highest BCUT2D eigenvalue weighted by Gasteiger charge is 2.12. The average Bonchev–Trinajstić information content (AvgIpc) is 3.13. The Balaban J connectivity index is 1.41. The van der Waals surface area contributed by atoms with E-state index in [1.807, 2.05) is 60.7 Å². The summed E-state index contributed by atoms with van der Waals surface area (Å²) >= 11 is 6.01. The van der Waals surface area contributed by atoms with E-state index >= 15 is 0 Å². The van der Waals surface area contributed by atoms with E-state index in [9.17, 15) is 4.79 Å². The maximum absolute atomic E-state index is 12.6. The first-order valence-corrected chi connectivity index (χ1v) is 10.7. The fourth-order valence-corrected chi connectivity index (χ4v) is 3.88. The van der Waals surface area contributed by atoms with Gasteiger partial charge in [-0.2, -0.15) is 0 Å². The quantitative estimate of drug-likeness (QED) is 0.413. The molecule has 0 saturated carbocycles. The van der Waals surface area contributed by atoms with Gasteiger partial charge in [-0.25, -0.2) is 0 Å². The SMILES string of the molecule is COc1ccc(CCNC(=O)Cc2cn(Cc3ccc(Cl)cc3)c3ccccc23)cc1. The van der Waals surface area contributed by atoms with Crippen molar-refractivity contribution < 1.29 is 9.53 Å². The molecule has 31 heavy (non-hydrogen) atoms. The molecule has 3 aromatic carbocycles. The molecule has 158 valence electrons. The Kier molecular flexibility index (Phi) is 6.58. The fraction of sp³-hybridized carbons (Fsp3) is 0.192. The first kappa shape index (κ1) is 21.0. The highest BCUT2D eigenvalue weighted by Crippen LogP contribution is 2.23. The van der Waals surface area contributed by atoms with Crippen LogP contribution in [-0.2, 0) is 24.2 Å². The third kappa shape index (κ3) is 5.28. The lowest BCUT2D eigenvalue weighted by Gasteiger charge is -2.06. The Hall–Kier alpha value is -3.24. The molecule has 5 heteroatoms. The molecule has 0 atom stereocenters. The molecule has 0 aliphatic heterocycles. The Labute approximate surface area is 187 Å². The predicted octanol–water partition coefficient (Wildman–Crippen LogP) is 5.25. The summed E-state index contributed by atoms with van der Waals surface area (Å²) in [7, 11) is 1.65. The molecule has 1 N–H and O–H groups in total. The van der Waals surface area contributed by atoms with Crippen molar-refractivity contribution in [1.82, 2.24) is 9.88 Å². The van der Waals surface area contributed by atoms with Crippen molar-refractivity contribution in [2.75, 3.05) is 13.7 Å². The molecule has 0 spiro atoms. The number of nitrogens with zero attached hydrogens (tertiary/aromatic N) is 1. The Morgan fingerprint density at radius 1 is 0.968 bits per heavy atom. The number of ether oxygens (including phenoxy) is 1. The van der Waals surface area contributed by atoms with Gasteiger partial charge in [0.2, 0.25) is 5.91 Å². The van der Waals surface area contributed by atoms with Crippen molar-refractivity contribution in [3.05, 3.63) is 101 Å². The molecule has 0 radical (unpaired) electrons. The van der Waals surface area contributed by atoms with Gasteiger partial charge in [0.15, 0.2) is 0 Å². The van der Waals surface area contributed by atoms with Crippen LogP contribution < -0.4 is 10.1 Å². The summed E-state index contributed by atoms with van der Waals surface area (Å²) in [6.45, 7) is 1.34. The zero-order valence-electron chi connectivity index (χ0n) is 17.5. The second-order valence-electron chi connectivity index (χ2n) is 7.55. The van der Waals surface area contributed by atoms with Crippen molar-refractivity contribution in [2.45, 2.75) is 19.4 Å². The number of hydrogen-bond donors (Lipinski definition) is 1. The van der Waals surface area contributed by atoms with Crippen LogP contribution in [0.5, 0.6) is 5.75 Å². The van der Waals surface area contributed by atoms with Gasteiger partial charge in [-0.15, -0.1) is 0 Å². The van der Waals surface area contributed by atoms with Crippen LogP contribution >= 0.6 is 11.6 Å². The van der Waals surface area contributed by atoms with Gasteiger partial charge in [-0.3, -0.25) is 4.79 Å². The standard InChI is InChI=1S/C26H25ClN2O2/c1-31-23-12-8-19(9-13-23)14-15-28-26(30)16-21-18-29(25-5-3-2-4-24(21)25)17-20-6-10-22(27)11-7-20/h2-13,18H,14-17H2,1H3,(H,28,30). The number of nitrogens with one attached hydrogen (secondary N) is 1. The molecule has 1 amide bonds. The second kappa shape index (κ2) is 9.71. The summed E-state index contributed by atoms with van der Waals surface area (Å²) in [6, 6.07) is 24.0. The number of para-hydroxylation sites is 1. The normalized spacial score (nSPS) is 10.9. The zero-order valence-corrected chi connectivity index (χ0v) is 18.2. The van der Waals surface area contributed by atoms with Gasteiger partial charge in [-0.1, -0.05) is 54.1 Å². The lowest BCUT2D eigenvalue weighted by atomic mass is 10.1. The molecule has 0 aliphatic rings. The molecule has 4 nitrogen and oxygen atoms in total. The minimum absolute atomic E-state index is 0.0305. The third-order valence-electron chi connectivity index (χ3n) is 5.38. The number of hydrogen-bond acceptors (Lipinski definition) is 2. The number of carbonyl (C=O) groups is 1. The van der Waals surface area contributed by atoms with Gasteiger partial charge in [0.05, 0.1) is 13.5 Å². The lowest BCUT2D eigenvalue weighted by molar-refractivity contribution is -0.120. The van der Waals surface area contributed by atoms with Crippen LogP contribution in [0.4, 0.5) is 0 Å². The first-order chi connectivity index (χ1) is 15.1. The maximum atomic E-state index is 12.6. The van der Waals surface area contributed by atoms with E-state index in [-0.39, 0.29) is 5.91 Å². The van der Waals surface area contributed by atoms with Gasteiger partial charge in [0, 0.05) is 35.2 Å². The topological polar surface area (TPSA) is 43.3 Å². The minimum atomic E-state index is 0.0305. The Morgan fingerprint density at radius 2 is 1.68 bits per heavy atom. The van der Waals surface area contributed by atoms with Crippen LogP contribution in [0, 0.1) is 0 Å². The Bertz CT molecular complexity index is 1160. The van der Waals surface area contributed by atoms with E-state index in [0.717, 1.165) is 40.2 Å². The largest absolute Gasteiger partial charge is 0.497 e. The molecule has 4 aromatic rings. The van der Waals surface area contributed by atoms with E-state index in [0.29, 0.717) is 13.0 Å². The van der Waals surface area contributed by atoms with Crippen LogP contribution in [0.2, 0.25) is 5.02 Å². The van der Waals surface area contributed by atoms with Crippen LogP contribution in [0.15, 0.2) is 79.0 Å². The van der Waals surface area contributed by atoms with Crippen molar-refractivity contribution in [1.29, 1.82) is 0 Å². The van der Waals surface area contributed by atoms with E-state index in [1.165, 1.54) is 11.1 Å². The Morgan fingerprint density at radius 3 is 2.42 bits per heavy atom. The number of aromatic nitrogens is 1. The van der Waals surface area contributed by atoms with E-state index in [4.69, 9.17) is 16.3 Å². The van der Waals surface area contributed by atoms with Crippen molar-refractivity contribution >= 4 is 28.4 Å². The number of fused-ring (bicyclic) bond motifs is 1. The molecule has 0 aliphatic carbocycles. The van der Waals surface area contributed by atoms with Gasteiger partial charge < -0.3 is 14.6 Å². The van der Waals surface area contributed by atoms with Crippen LogP contribution in [0.25, 0.3) is 10.9 Å². The zero-order chi connectivity index (χ0) is 21.6. The molecular weight excluding hydrogens is 408 g/mol. The molecule has 0 bridgehead atoms. The number of benzene rings is 3. The second-order valence-corrected chi connectivity index (χ2v) is 7.99. The smallest absolute Gasteiger partial charge is 0.224 e. The molecule has 4 rings (SSSR count). The summed E-state index contributed by atoms with van der Waals surface area (Å²) in [5.74, 6) is 0.866. The highest BCUT2D eigenvalue weighted by atomic mass is 35.5. The highest BCUT2D eigenvalue weighted by molar-refractivity contribution is 6.30. The van der Waals surface area contributed by atoms with E-state index in [2.05, 4.69) is 28.2 Å². The van der Waals surface area contributed by atoms with Gasteiger partial charge in [0.25, 0.3) is 0 Å². The first-order valence-electron chi connectivity index (χ1n) is 10.3. The summed E-state index contributed by atoms with van der Waals surface area (Å²) in [5, 5.41) is 4.89. The molecule has 1 heterocycles. The monoisotopic (exact) mass is 432 g/mol. The van der Waals surface area contributed by atoms with Gasteiger partial charge in [-0.05, 0) is 53.4 Å². The van der Waals surface area contributed by atoms with Crippen molar-refractivity contribution in [2.24, 2.45) is 0 Å². The molecule has 0 unspecified atom stereocenters. The number of rotatable bonds is 8. The van der Waals surface area contributed by atoms with Crippen LogP contribution in [0.3, 0.4) is 0 Å². The van der Waals surface area contributed by atoms with Crippen LogP contribution in [-0.4, -0.2) is 24.1 Å². The van der Waals surface area contributed by atoms with Gasteiger partial charge >= 0.3 is 0 Å². The molecule has 0 fully saturated rings. The summed E-state index contributed by atoms with van der Waals surface area (Å²) in [6.07, 6.45) is 3.23. The fourth-order valence-electron chi connectivity index (χ4n) is 3.75. The lowest BCUT2D eigenvalue weighted by Crippen LogP contribution is -2.27. The average molecular weight is 433 g/mol.